The number of aryl methyl sites for hydroxylation is 1. The summed E-state index contributed by atoms with van der Waals surface area (Å²) in [5.41, 5.74) is 2.23. The van der Waals surface area contributed by atoms with Crippen LogP contribution in [0, 0.1) is 12.7 Å². The average Bonchev–Trinajstić information content (AvgIpc) is 3.50. The lowest BCUT2D eigenvalue weighted by atomic mass is 10.1. The van der Waals surface area contributed by atoms with Gasteiger partial charge in [0.15, 0.2) is 0 Å². The fourth-order valence-electron chi connectivity index (χ4n) is 4.35. The van der Waals surface area contributed by atoms with Gasteiger partial charge < -0.3 is 5.32 Å². The summed E-state index contributed by atoms with van der Waals surface area (Å²) in [6.07, 6.45) is 4.61. The van der Waals surface area contributed by atoms with E-state index >= 15 is 0 Å². The highest BCUT2D eigenvalue weighted by molar-refractivity contribution is 6.00. The number of hydrogen-bond donors (Lipinski definition) is 1. The minimum absolute atomic E-state index is 0.150. The molecule has 9 heteroatoms. The normalized spacial score (nSPS) is 14.7. The number of rotatable bonds is 8. The Labute approximate surface area is 198 Å². The number of anilines is 1. The predicted molar refractivity (Wildman–Crippen MR) is 126 cm³/mol. The number of benzene rings is 2. The number of carbonyl (C=O) groups excluding carboxylic acids is 2. The zero-order valence-corrected chi connectivity index (χ0v) is 19.4. The van der Waals surface area contributed by atoms with Crippen LogP contribution in [0.2, 0.25) is 0 Å². The van der Waals surface area contributed by atoms with Crippen LogP contribution in [-0.4, -0.2) is 44.1 Å². The molecule has 0 spiro atoms. The van der Waals surface area contributed by atoms with E-state index in [0.29, 0.717) is 23.5 Å². The second-order valence-electron chi connectivity index (χ2n) is 8.67. The molecular weight excluding hydrogens is 435 g/mol. The van der Waals surface area contributed by atoms with Crippen molar-refractivity contribution in [1.82, 2.24) is 25.5 Å². The number of tetrazole rings is 1. The Morgan fingerprint density at radius 2 is 1.91 bits per heavy atom. The molecule has 1 fully saturated rings. The summed E-state index contributed by atoms with van der Waals surface area (Å²) < 4.78 is 13.2. The first-order valence-electron chi connectivity index (χ1n) is 11.7. The number of amides is 2. The smallest absolute Gasteiger partial charge is 0.251 e. The Morgan fingerprint density at radius 1 is 1.18 bits per heavy atom. The maximum atomic E-state index is 13.5. The van der Waals surface area contributed by atoms with E-state index in [0.717, 1.165) is 31.2 Å². The van der Waals surface area contributed by atoms with Gasteiger partial charge in [0.1, 0.15) is 18.4 Å². The number of carbonyl (C=O) groups is 2. The number of nitrogens with one attached hydrogen (secondary N) is 1. The monoisotopic (exact) mass is 464 g/mol. The van der Waals surface area contributed by atoms with Crippen LogP contribution in [-0.2, 0) is 16.1 Å². The fourth-order valence-corrected chi connectivity index (χ4v) is 4.35. The zero-order chi connectivity index (χ0) is 24.1. The summed E-state index contributed by atoms with van der Waals surface area (Å²) in [4.78, 5) is 29.5. The summed E-state index contributed by atoms with van der Waals surface area (Å²) in [5, 5.41) is 15.4. The van der Waals surface area contributed by atoms with Gasteiger partial charge in [-0.1, -0.05) is 31.9 Å². The lowest BCUT2D eigenvalue weighted by Crippen LogP contribution is -2.52. The van der Waals surface area contributed by atoms with Crippen LogP contribution in [0.15, 0.2) is 48.5 Å². The second-order valence-corrected chi connectivity index (χ2v) is 8.67. The number of halogens is 1. The third-order valence-electron chi connectivity index (χ3n) is 6.08. The van der Waals surface area contributed by atoms with Gasteiger partial charge in [-0.25, -0.2) is 4.39 Å². The molecular formula is C25H29FN6O2. The third-order valence-corrected chi connectivity index (χ3v) is 6.08. The molecule has 1 N–H and O–H groups in total. The van der Waals surface area contributed by atoms with Crippen LogP contribution in [0.25, 0.3) is 11.4 Å². The summed E-state index contributed by atoms with van der Waals surface area (Å²) in [6, 6.07) is 12.8. The van der Waals surface area contributed by atoms with Gasteiger partial charge in [0.2, 0.25) is 11.7 Å². The predicted octanol–water partition coefficient (Wildman–Crippen LogP) is 3.66. The van der Waals surface area contributed by atoms with Crippen molar-refractivity contribution in [3.63, 3.8) is 0 Å². The number of nitrogens with zero attached hydrogens (tertiary/aromatic N) is 5. The minimum atomic E-state index is -0.657. The van der Waals surface area contributed by atoms with Gasteiger partial charge in [0, 0.05) is 17.3 Å². The number of aromatic nitrogens is 4. The van der Waals surface area contributed by atoms with E-state index in [2.05, 4.69) is 20.7 Å². The van der Waals surface area contributed by atoms with Crippen LogP contribution >= 0.6 is 0 Å². The van der Waals surface area contributed by atoms with Gasteiger partial charge in [-0.15, -0.1) is 10.2 Å². The molecule has 0 radical (unpaired) electrons. The van der Waals surface area contributed by atoms with Gasteiger partial charge in [-0.05, 0) is 73.4 Å². The molecule has 8 nitrogen and oxygen atoms in total. The van der Waals surface area contributed by atoms with Gasteiger partial charge >= 0.3 is 0 Å². The average molecular weight is 465 g/mol. The molecule has 34 heavy (non-hydrogen) atoms. The van der Waals surface area contributed by atoms with E-state index in [1.54, 1.807) is 12.1 Å². The molecule has 0 saturated heterocycles. The Morgan fingerprint density at radius 3 is 2.59 bits per heavy atom. The molecule has 0 aliphatic heterocycles. The zero-order valence-electron chi connectivity index (χ0n) is 19.4. The molecule has 178 valence electrons. The van der Waals surface area contributed by atoms with Gasteiger partial charge in [-0.2, -0.15) is 4.80 Å². The van der Waals surface area contributed by atoms with Crippen LogP contribution in [0.4, 0.5) is 10.1 Å². The summed E-state index contributed by atoms with van der Waals surface area (Å²) >= 11 is 0. The molecule has 1 aromatic heterocycles. The van der Waals surface area contributed by atoms with Crippen LogP contribution < -0.4 is 10.2 Å². The van der Waals surface area contributed by atoms with Gasteiger partial charge in [-0.3, -0.25) is 14.5 Å². The largest absolute Gasteiger partial charge is 0.352 e. The van der Waals surface area contributed by atoms with E-state index < -0.39 is 6.04 Å². The molecule has 2 aromatic carbocycles. The molecule has 1 saturated carbocycles. The molecule has 0 bridgehead atoms. The highest BCUT2D eigenvalue weighted by Gasteiger charge is 2.32. The molecule has 4 rings (SSSR count). The summed E-state index contributed by atoms with van der Waals surface area (Å²) in [6.45, 7) is 3.66. The fraction of sp³-hybridized carbons (Fsp3) is 0.400. The van der Waals surface area contributed by atoms with Gasteiger partial charge in [0.05, 0.1) is 0 Å². The molecule has 1 aliphatic carbocycles. The van der Waals surface area contributed by atoms with Crippen LogP contribution in [0.3, 0.4) is 0 Å². The van der Waals surface area contributed by atoms with E-state index in [1.807, 2.05) is 38.1 Å². The first kappa shape index (κ1) is 23.5. The minimum Gasteiger partial charge on any atom is -0.352 e. The van der Waals surface area contributed by atoms with Crippen molar-refractivity contribution >= 4 is 17.5 Å². The Balaban J connectivity index is 1.57. The van der Waals surface area contributed by atoms with E-state index in [9.17, 15) is 14.0 Å². The molecule has 1 aliphatic rings. The van der Waals surface area contributed by atoms with E-state index in [-0.39, 0.29) is 30.2 Å². The quantitative estimate of drug-likeness (QED) is 0.549. The van der Waals surface area contributed by atoms with Crippen molar-refractivity contribution in [2.45, 2.75) is 64.6 Å². The van der Waals surface area contributed by atoms with Crippen molar-refractivity contribution in [2.24, 2.45) is 0 Å². The molecule has 0 unspecified atom stereocenters. The molecule has 2 amide bonds. The van der Waals surface area contributed by atoms with Crippen molar-refractivity contribution in [3.8, 4) is 11.4 Å². The Bertz CT molecular complexity index is 1140. The van der Waals surface area contributed by atoms with Crippen molar-refractivity contribution in [2.75, 3.05) is 4.90 Å². The Kier molecular flexibility index (Phi) is 7.30. The molecule has 3 aromatic rings. The SMILES string of the molecule is CC[C@H](C(=O)NC1CCCC1)N(C(=O)Cn1nnc(-c2ccc(F)cc2)n1)c1cccc(C)c1. The van der Waals surface area contributed by atoms with Crippen molar-refractivity contribution in [1.29, 1.82) is 0 Å². The lowest BCUT2D eigenvalue weighted by molar-refractivity contribution is -0.127. The highest BCUT2D eigenvalue weighted by Crippen LogP contribution is 2.23. The standard InChI is InChI=1S/C25H29FN6O2/c1-3-22(25(34)27-20-8-4-5-9-20)32(21-10-6-7-17(2)15-21)23(33)16-31-29-24(28-30-31)18-11-13-19(26)14-12-18/h6-7,10-15,20,22H,3-5,8-9,16H2,1-2H3,(H,27,34)/t22-/m1/s1. The third kappa shape index (κ3) is 5.47. The molecule has 1 atom stereocenters. The maximum absolute atomic E-state index is 13.5. The maximum Gasteiger partial charge on any atom is 0.251 e. The van der Waals surface area contributed by atoms with E-state index in [1.165, 1.54) is 21.8 Å². The van der Waals surface area contributed by atoms with Crippen molar-refractivity contribution < 1.29 is 14.0 Å². The van der Waals surface area contributed by atoms with Crippen LogP contribution in [0.1, 0.15) is 44.6 Å². The first-order valence-corrected chi connectivity index (χ1v) is 11.7. The first-order chi connectivity index (χ1) is 16.4. The van der Waals surface area contributed by atoms with E-state index in [4.69, 9.17) is 0 Å². The summed E-state index contributed by atoms with van der Waals surface area (Å²) in [5.74, 6) is -0.535. The Hall–Kier alpha value is -3.62. The summed E-state index contributed by atoms with van der Waals surface area (Å²) in [7, 11) is 0. The number of hydrogen-bond acceptors (Lipinski definition) is 5. The second kappa shape index (κ2) is 10.5. The molecule has 1 heterocycles. The topological polar surface area (TPSA) is 93.0 Å². The van der Waals surface area contributed by atoms with Crippen LogP contribution in [0.5, 0.6) is 0 Å². The lowest BCUT2D eigenvalue weighted by Gasteiger charge is -2.31. The highest BCUT2D eigenvalue weighted by atomic mass is 19.1. The van der Waals surface area contributed by atoms with Gasteiger partial charge in [0.25, 0.3) is 5.91 Å². The van der Waals surface area contributed by atoms with Crippen molar-refractivity contribution in [3.05, 3.63) is 59.9 Å².